The molecule has 0 spiro atoms. The van der Waals surface area contributed by atoms with Gasteiger partial charge in [-0.05, 0) is 39.2 Å². The van der Waals surface area contributed by atoms with Gasteiger partial charge in [0.05, 0.1) is 16.1 Å². The summed E-state index contributed by atoms with van der Waals surface area (Å²) < 4.78 is 39.6. The van der Waals surface area contributed by atoms with Gasteiger partial charge < -0.3 is 10.0 Å². The van der Waals surface area contributed by atoms with Crippen molar-refractivity contribution >= 4 is 10.0 Å². The maximum absolute atomic E-state index is 13.2. The van der Waals surface area contributed by atoms with Crippen molar-refractivity contribution in [1.82, 2.24) is 9.62 Å². The first-order chi connectivity index (χ1) is 9.57. The van der Waals surface area contributed by atoms with Gasteiger partial charge in [0.15, 0.2) is 0 Å². The number of aliphatic hydroxyl groups is 1. The van der Waals surface area contributed by atoms with E-state index in [9.17, 15) is 17.9 Å². The number of hydrogen-bond acceptors (Lipinski definition) is 5. The highest BCUT2D eigenvalue weighted by molar-refractivity contribution is 7.89. The molecule has 0 aliphatic rings. The molecule has 0 aromatic heterocycles. The molecule has 0 amide bonds. The number of halogens is 1. The molecule has 0 saturated carbocycles. The summed E-state index contributed by atoms with van der Waals surface area (Å²) in [5.41, 5.74) is -1.60. The van der Waals surface area contributed by atoms with E-state index in [1.807, 2.05) is 0 Å². The second kappa shape index (κ2) is 6.49. The Bertz CT molecular complexity index is 651. The molecule has 0 radical (unpaired) electrons. The summed E-state index contributed by atoms with van der Waals surface area (Å²) in [6.07, 6.45) is 0. The first kappa shape index (κ1) is 17.5. The normalized spacial score (nSPS) is 14.7. The van der Waals surface area contributed by atoms with Crippen LogP contribution in [0.1, 0.15) is 12.5 Å². The minimum absolute atomic E-state index is 0.202. The van der Waals surface area contributed by atoms with Crippen LogP contribution >= 0.6 is 0 Å². The minimum atomic E-state index is -3.92. The van der Waals surface area contributed by atoms with Crippen LogP contribution in [0.2, 0.25) is 0 Å². The van der Waals surface area contributed by atoms with Crippen LogP contribution in [0.5, 0.6) is 0 Å². The van der Waals surface area contributed by atoms with E-state index in [-0.39, 0.29) is 23.5 Å². The Morgan fingerprint density at radius 1 is 1.48 bits per heavy atom. The van der Waals surface area contributed by atoms with E-state index < -0.39 is 21.4 Å². The number of nitriles is 1. The Labute approximate surface area is 123 Å². The molecule has 1 aromatic carbocycles. The molecule has 0 bridgehead atoms. The van der Waals surface area contributed by atoms with Crippen LogP contribution in [-0.2, 0) is 10.0 Å². The van der Waals surface area contributed by atoms with Gasteiger partial charge in [0, 0.05) is 13.1 Å². The van der Waals surface area contributed by atoms with Crippen molar-refractivity contribution in [2.24, 2.45) is 0 Å². The SMILES string of the molecule is CN(C)CC(C)(O)CNS(=O)(=O)c1ccc(F)c(C#N)c1. The van der Waals surface area contributed by atoms with Crippen LogP contribution in [0.25, 0.3) is 0 Å². The van der Waals surface area contributed by atoms with Crippen molar-refractivity contribution in [1.29, 1.82) is 5.26 Å². The van der Waals surface area contributed by atoms with Gasteiger partial charge in [-0.15, -0.1) is 0 Å². The van der Waals surface area contributed by atoms with E-state index in [0.29, 0.717) is 0 Å². The smallest absolute Gasteiger partial charge is 0.240 e. The van der Waals surface area contributed by atoms with Gasteiger partial charge in [0.1, 0.15) is 11.9 Å². The van der Waals surface area contributed by atoms with Crippen molar-refractivity contribution in [3.05, 3.63) is 29.6 Å². The lowest BCUT2D eigenvalue weighted by Crippen LogP contribution is -2.47. The summed E-state index contributed by atoms with van der Waals surface area (Å²) in [5.74, 6) is -0.781. The Morgan fingerprint density at radius 3 is 2.62 bits per heavy atom. The fourth-order valence-corrected chi connectivity index (χ4v) is 3.02. The van der Waals surface area contributed by atoms with Gasteiger partial charge >= 0.3 is 0 Å². The van der Waals surface area contributed by atoms with Crippen molar-refractivity contribution in [3.63, 3.8) is 0 Å². The summed E-state index contributed by atoms with van der Waals surface area (Å²) in [5, 5.41) is 18.8. The molecule has 0 fully saturated rings. The fraction of sp³-hybridized carbons (Fsp3) is 0.462. The zero-order valence-corrected chi connectivity index (χ0v) is 12.9. The molecule has 0 aliphatic carbocycles. The molecule has 6 nitrogen and oxygen atoms in total. The lowest BCUT2D eigenvalue weighted by Gasteiger charge is -2.27. The minimum Gasteiger partial charge on any atom is -0.387 e. The maximum atomic E-state index is 13.2. The van der Waals surface area contributed by atoms with Gasteiger partial charge in [0.25, 0.3) is 0 Å². The quantitative estimate of drug-likeness (QED) is 0.787. The summed E-state index contributed by atoms with van der Waals surface area (Å²) in [7, 11) is -0.421. The van der Waals surface area contributed by atoms with E-state index in [1.54, 1.807) is 25.1 Å². The molecule has 0 heterocycles. The van der Waals surface area contributed by atoms with Crippen LogP contribution in [0.15, 0.2) is 23.1 Å². The molecule has 2 N–H and O–H groups in total. The molecule has 1 aromatic rings. The molecule has 1 atom stereocenters. The Balaban J connectivity index is 2.91. The van der Waals surface area contributed by atoms with Crippen molar-refractivity contribution < 1.29 is 17.9 Å². The zero-order valence-electron chi connectivity index (χ0n) is 12.1. The van der Waals surface area contributed by atoms with E-state index in [4.69, 9.17) is 5.26 Å². The number of hydrogen-bond donors (Lipinski definition) is 2. The molecule has 116 valence electrons. The molecule has 8 heteroatoms. The van der Waals surface area contributed by atoms with Crippen molar-refractivity contribution in [3.8, 4) is 6.07 Å². The first-order valence-electron chi connectivity index (χ1n) is 6.14. The third kappa shape index (κ3) is 5.06. The van der Waals surface area contributed by atoms with E-state index in [2.05, 4.69) is 4.72 Å². The largest absolute Gasteiger partial charge is 0.387 e. The molecule has 0 aliphatic heterocycles. The van der Waals surface area contributed by atoms with Gasteiger partial charge in [-0.2, -0.15) is 5.26 Å². The molecule has 0 saturated heterocycles. The predicted molar refractivity (Wildman–Crippen MR) is 75.5 cm³/mol. The zero-order chi connectivity index (χ0) is 16.3. The molecular weight excluding hydrogens is 297 g/mol. The first-order valence-corrected chi connectivity index (χ1v) is 7.62. The average molecular weight is 315 g/mol. The predicted octanol–water partition coefficient (Wildman–Crippen LogP) is 0.288. The van der Waals surface area contributed by atoms with Crippen LogP contribution in [0.4, 0.5) is 4.39 Å². The van der Waals surface area contributed by atoms with Gasteiger partial charge in [-0.3, -0.25) is 0 Å². The molecule has 1 rings (SSSR count). The lowest BCUT2D eigenvalue weighted by atomic mass is 10.1. The second-order valence-corrected chi connectivity index (χ2v) is 7.08. The highest BCUT2D eigenvalue weighted by Crippen LogP contribution is 2.15. The fourth-order valence-electron chi connectivity index (χ4n) is 1.83. The van der Waals surface area contributed by atoms with Crippen LogP contribution < -0.4 is 4.72 Å². The highest BCUT2D eigenvalue weighted by atomic mass is 32.2. The van der Waals surface area contributed by atoms with Crippen LogP contribution in [0.3, 0.4) is 0 Å². The monoisotopic (exact) mass is 315 g/mol. The number of rotatable bonds is 6. The number of nitrogens with zero attached hydrogens (tertiary/aromatic N) is 2. The van der Waals surface area contributed by atoms with Gasteiger partial charge in [0.2, 0.25) is 10.0 Å². The third-order valence-electron chi connectivity index (χ3n) is 2.67. The maximum Gasteiger partial charge on any atom is 0.240 e. The highest BCUT2D eigenvalue weighted by Gasteiger charge is 2.25. The summed E-state index contributed by atoms with van der Waals surface area (Å²) in [4.78, 5) is 1.50. The summed E-state index contributed by atoms with van der Waals surface area (Å²) >= 11 is 0. The molecule has 1 unspecified atom stereocenters. The lowest BCUT2D eigenvalue weighted by molar-refractivity contribution is 0.0386. The van der Waals surface area contributed by atoms with Gasteiger partial charge in [-0.1, -0.05) is 0 Å². The van der Waals surface area contributed by atoms with Crippen LogP contribution in [-0.4, -0.2) is 51.2 Å². The molecule has 21 heavy (non-hydrogen) atoms. The number of sulfonamides is 1. The summed E-state index contributed by atoms with van der Waals surface area (Å²) in [6.45, 7) is 1.57. The number of nitrogens with one attached hydrogen (secondary N) is 1. The van der Waals surface area contributed by atoms with Crippen molar-refractivity contribution in [2.75, 3.05) is 27.2 Å². The van der Waals surface area contributed by atoms with E-state index in [0.717, 1.165) is 18.2 Å². The standard InChI is InChI=1S/C13H18FN3O3S/c1-13(18,9-17(2)3)8-16-21(19,20)11-4-5-12(14)10(6-11)7-15/h4-6,16,18H,8-9H2,1-3H3. The van der Waals surface area contributed by atoms with E-state index >= 15 is 0 Å². The summed E-state index contributed by atoms with van der Waals surface area (Å²) in [6, 6.07) is 4.53. The topological polar surface area (TPSA) is 93.4 Å². The van der Waals surface area contributed by atoms with Crippen molar-refractivity contribution in [2.45, 2.75) is 17.4 Å². The Morgan fingerprint density at radius 2 is 2.10 bits per heavy atom. The average Bonchev–Trinajstić information content (AvgIpc) is 2.35. The number of benzene rings is 1. The Hall–Kier alpha value is -1.53. The third-order valence-corrected chi connectivity index (χ3v) is 4.07. The van der Waals surface area contributed by atoms with Crippen LogP contribution in [0, 0.1) is 17.1 Å². The van der Waals surface area contributed by atoms with Gasteiger partial charge in [-0.25, -0.2) is 17.5 Å². The second-order valence-electron chi connectivity index (χ2n) is 5.31. The van der Waals surface area contributed by atoms with E-state index in [1.165, 1.54) is 6.92 Å². The molecular formula is C13H18FN3O3S. The number of likely N-dealkylation sites (N-methyl/N-ethyl adjacent to an activating group) is 1. The Kier molecular flexibility index (Phi) is 5.42.